The topological polar surface area (TPSA) is 77.3 Å². The van der Waals surface area contributed by atoms with E-state index in [1.807, 2.05) is 115 Å². The highest BCUT2D eigenvalue weighted by Gasteiger charge is 2.10. The number of benzene rings is 1. The van der Waals surface area contributed by atoms with Gasteiger partial charge in [0.2, 0.25) is 0 Å². The Bertz CT molecular complexity index is 1850. The van der Waals surface area contributed by atoms with Gasteiger partial charge in [0.25, 0.3) is 0 Å². The van der Waals surface area contributed by atoms with E-state index in [4.69, 9.17) is 19.9 Å². The Labute approximate surface area is 243 Å². The third-order valence-corrected chi connectivity index (χ3v) is 6.83. The highest BCUT2D eigenvalue weighted by atomic mass is 14.8. The van der Waals surface area contributed by atoms with Crippen LogP contribution in [0.4, 0.5) is 0 Å². The summed E-state index contributed by atoms with van der Waals surface area (Å²) in [6.07, 6.45) is 3.55. The fraction of sp³-hybridized carbons (Fsp3) is 0. The minimum Gasteiger partial charge on any atom is -0.255 e. The van der Waals surface area contributed by atoms with Crippen molar-refractivity contribution in [3.8, 4) is 68.1 Å². The van der Waals surface area contributed by atoms with E-state index in [9.17, 15) is 0 Å². The molecular weight excluding hydrogens is 516 g/mol. The first kappa shape index (κ1) is 25.1. The summed E-state index contributed by atoms with van der Waals surface area (Å²) in [5.74, 6) is 0. The lowest BCUT2D eigenvalue weighted by atomic mass is 10.0. The van der Waals surface area contributed by atoms with Crippen LogP contribution in [-0.4, -0.2) is 29.9 Å². The van der Waals surface area contributed by atoms with Crippen molar-refractivity contribution in [2.45, 2.75) is 0 Å². The van der Waals surface area contributed by atoms with E-state index < -0.39 is 0 Å². The SMILES string of the molecule is c1ccc(-c2cccc(-c3cccc(-c4cccc(-c5cccc(-c6cccc(-c7ccccn7)n6)n5)c4)n3)n2)nc1. The average Bonchev–Trinajstić information content (AvgIpc) is 3.09. The monoisotopic (exact) mass is 540 g/mol. The molecule has 6 heteroatoms. The molecule has 0 spiro atoms. The molecule has 0 amide bonds. The van der Waals surface area contributed by atoms with Crippen LogP contribution in [0.5, 0.6) is 0 Å². The van der Waals surface area contributed by atoms with Gasteiger partial charge in [0.15, 0.2) is 0 Å². The van der Waals surface area contributed by atoms with Crippen LogP contribution in [0.3, 0.4) is 0 Å². The molecule has 0 unspecified atom stereocenters. The largest absolute Gasteiger partial charge is 0.255 e. The first-order valence-corrected chi connectivity index (χ1v) is 13.6. The maximum absolute atomic E-state index is 4.97. The summed E-state index contributed by atoms with van der Waals surface area (Å²) >= 11 is 0. The Kier molecular flexibility index (Phi) is 6.76. The van der Waals surface area contributed by atoms with Crippen LogP contribution in [-0.2, 0) is 0 Å². The molecule has 7 aromatic rings. The number of hydrogen-bond donors (Lipinski definition) is 0. The predicted molar refractivity (Wildman–Crippen MR) is 166 cm³/mol. The van der Waals surface area contributed by atoms with Gasteiger partial charge in [-0.25, -0.2) is 19.9 Å². The fourth-order valence-corrected chi connectivity index (χ4v) is 4.78. The number of nitrogens with zero attached hydrogens (tertiary/aromatic N) is 6. The first-order valence-electron chi connectivity index (χ1n) is 13.6. The van der Waals surface area contributed by atoms with Crippen molar-refractivity contribution in [2.24, 2.45) is 0 Å². The average molecular weight is 541 g/mol. The van der Waals surface area contributed by atoms with Crippen molar-refractivity contribution in [3.63, 3.8) is 0 Å². The van der Waals surface area contributed by atoms with Crippen LogP contribution in [0.25, 0.3) is 68.1 Å². The number of aromatic nitrogens is 6. The Morgan fingerprint density at radius 3 is 0.952 bits per heavy atom. The van der Waals surface area contributed by atoms with Gasteiger partial charge in [-0.1, -0.05) is 54.6 Å². The van der Waals surface area contributed by atoms with Gasteiger partial charge in [0.05, 0.1) is 56.9 Å². The molecule has 0 atom stereocenters. The van der Waals surface area contributed by atoms with Crippen molar-refractivity contribution in [1.29, 1.82) is 0 Å². The lowest BCUT2D eigenvalue weighted by molar-refractivity contribution is 1.22. The van der Waals surface area contributed by atoms with E-state index >= 15 is 0 Å². The molecule has 0 saturated carbocycles. The first-order chi connectivity index (χ1) is 20.8. The molecule has 7 rings (SSSR count). The second kappa shape index (κ2) is 11.3. The number of pyridine rings is 6. The Morgan fingerprint density at radius 2 is 0.571 bits per heavy atom. The van der Waals surface area contributed by atoms with E-state index in [0.717, 1.165) is 68.1 Å². The van der Waals surface area contributed by atoms with E-state index in [1.54, 1.807) is 12.4 Å². The van der Waals surface area contributed by atoms with E-state index in [2.05, 4.69) is 28.2 Å². The number of hydrogen-bond acceptors (Lipinski definition) is 6. The molecule has 0 aliphatic carbocycles. The standard InChI is InChI=1S/C36H24N6/c1-3-22-37-29(12-1)31-16-8-20-35(41-31)33-18-6-14-27(39-33)25-10-5-11-26(24-25)28-15-7-19-34(40-28)36-21-9-17-32(42-36)30-13-2-4-23-38-30/h1-24H. The minimum absolute atomic E-state index is 0.797. The molecule has 0 saturated heterocycles. The normalized spacial score (nSPS) is 10.9. The molecule has 0 bridgehead atoms. The zero-order chi connectivity index (χ0) is 28.1. The number of rotatable bonds is 6. The van der Waals surface area contributed by atoms with E-state index in [0.29, 0.717) is 0 Å². The van der Waals surface area contributed by atoms with Crippen LogP contribution < -0.4 is 0 Å². The highest BCUT2D eigenvalue weighted by Crippen LogP contribution is 2.28. The summed E-state index contributed by atoms with van der Waals surface area (Å²) in [6.45, 7) is 0. The molecule has 6 heterocycles. The van der Waals surface area contributed by atoms with Crippen LogP contribution in [0.2, 0.25) is 0 Å². The molecule has 0 aliphatic heterocycles. The molecule has 1 aromatic carbocycles. The summed E-state index contributed by atoms with van der Waals surface area (Å²) in [6, 6.07) is 43.8. The van der Waals surface area contributed by atoms with Gasteiger partial charge in [-0.05, 0) is 78.9 Å². The molecule has 42 heavy (non-hydrogen) atoms. The van der Waals surface area contributed by atoms with Gasteiger partial charge in [0.1, 0.15) is 0 Å². The molecular formula is C36H24N6. The fourth-order valence-electron chi connectivity index (χ4n) is 4.78. The smallest absolute Gasteiger partial charge is 0.0894 e. The quantitative estimate of drug-likeness (QED) is 0.212. The van der Waals surface area contributed by atoms with E-state index in [1.165, 1.54) is 0 Å². The van der Waals surface area contributed by atoms with Gasteiger partial charge < -0.3 is 0 Å². The molecule has 198 valence electrons. The van der Waals surface area contributed by atoms with Gasteiger partial charge in [-0.3, -0.25) is 9.97 Å². The van der Waals surface area contributed by atoms with Crippen molar-refractivity contribution in [3.05, 3.63) is 146 Å². The third-order valence-electron chi connectivity index (χ3n) is 6.83. The molecule has 0 radical (unpaired) electrons. The van der Waals surface area contributed by atoms with Gasteiger partial charge in [0, 0.05) is 23.5 Å². The molecule has 6 nitrogen and oxygen atoms in total. The van der Waals surface area contributed by atoms with Crippen molar-refractivity contribution in [2.75, 3.05) is 0 Å². The minimum atomic E-state index is 0.797. The summed E-state index contributed by atoms with van der Waals surface area (Å²) in [5, 5.41) is 0. The zero-order valence-electron chi connectivity index (χ0n) is 22.5. The molecule has 6 aromatic heterocycles. The third kappa shape index (κ3) is 5.29. The maximum atomic E-state index is 4.97. The van der Waals surface area contributed by atoms with Crippen LogP contribution in [0.15, 0.2) is 146 Å². The van der Waals surface area contributed by atoms with Crippen LogP contribution in [0, 0.1) is 0 Å². The lowest BCUT2D eigenvalue weighted by Gasteiger charge is -2.09. The summed E-state index contributed by atoms with van der Waals surface area (Å²) in [7, 11) is 0. The summed E-state index contributed by atoms with van der Waals surface area (Å²) in [5.41, 5.74) is 10.2. The second-order valence-electron chi connectivity index (χ2n) is 9.64. The Morgan fingerprint density at radius 1 is 0.262 bits per heavy atom. The molecule has 0 N–H and O–H groups in total. The highest BCUT2D eigenvalue weighted by molar-refractivity contribution is 5.73. The van der Waals surface area contributed by atoms with Crippen molar-refractivity contribution in [1.82, 2.24) is 29.9 Å². The van der Waals surface area contributed by atoms with Crippen LogP contribution in [0.1, 0.15) is 0 Å². The Balaban J connectivity index is 1.19. The van der Waals surface area contributed by atoms with Gasteiger partial charge >= 0.3 is 0 Å². The zero-order valence-corrected chi connectivity index (χ0v) is 22.5. The molecule has 0 fully saturated rings. The second-order valence-corrected chi connectivity index (χ2v) is 9.64. The van der Waals surface area contributed by atoms with Gasteiger partial charge in [-0.15, -0.1) is 0 Å². The Hall–Kier alpha value is -5.88. The van der Waals surface area contributed by atoms with E-state index in [-0.39, 0.29) is 0 Å². The van der Waals surface area contributed by atoms with Crippen molar-refractivity contribution >= 4 is 0 Å². The summed E-state index contributed by atoms with van der Waals surface area (Å²) in [4.78, 5) is 28.5. The van der Waals surface area contributed by atoms with Gasteiger partial charge in [-0.2, -0.15) is 0 Å². The maximum Gasteiger partial charge on any atom is 0.0894 e. The molecule has 0 aliphatic rings. The van der Waals surface area contributed by atoms with Crippen LogP contribution >= 0.6 is 0 Å². The lowest BCUT2D eigenvalue weighted by Crippen LogP contribution is -1.94. The summed E-state index contributed by atoms with van der Waals surface area (Å²) < 4.78 is 0. The van der Waals surface area contributed by atoms with Crippen molar-refractivity contribution < 1.29 is 0 Å². The predicted octanol–water partition coefficient (Wildman–Crippen LogP) is 8.06.